The van der Waals surface area contributed by atoms with Crippen molar-refractivity contribution in [3.05, 3.63) is 0 Å². The number of rotatable bonds is 3. The van der Waals surface area contributed by atoms with Crippen molar-refractivity contribution < 1.29 is 9.53 Å². The summed E-state index contributed by atoms with van der Waals surface area (Å²) in [5.41, 5.74) is 4.69. The molecule has 1 amide bonds. The minimum Gasteiger partial charge on any atom is -0.431 e. The highest BCUT2D eigenvalue weighted by molar-refractivity contribution is 5.65. The number of nitrogens with zero attached hydrogens (tertiary/aromatic N) is 1. The molecule has 0 heterocycles. The number of ether oxygens (including phenoxy) is 1. The topological polar surface area (TPSA) is 76.1 Å². The zero-order valence-corrected chi connectivity index (χ0v) is 5.83. The van der Waals surface area contributed by atoms with Crippen LogP contribution in [0.25, 0.3) is 0 Å². The molecule has 4 heteroatoms. The van der Waals surface area contributed by atoms with Gasteiger partial charge in [0.15, 0.2) is 6.10 Å². The maximum Gasteiger partial charge on any atom is 0.405 e. The number of nitrogens with two attached hydrogens (primary N) is 1. The molecule has 0 aromatic carbocycles. The van der Waals surface area contributed by atoms with Gasteiger partial charge in [0.1, 0.15) is 6.07 Å². The van der Waals surface area contributed by atoms with Gasteiger partial charge in [-0.2, -0.15) is 5.26 Å². The van der Waals surface area contributed by atoms with Crippen LogP contribution in [0, 0.1) is 11.3 Å². The van der Waals surface area contributed by atoms with Crippen LogP contribution in [0.3, 0.4) is 0 Å². The Hall–Kier alpha value is -1.24. The van der Waals surface area contributed by atoms with Crippen LogP contribution in [-0.2, 0) is 4.74 Å². The average Bonchev–Trinajstić information content (AvgIpc) is 1.86. The maximum atomic E-state index is 10.1. The van der Waals surface area contributed by atoms with Crippen LogP contribution in [-0.4, -0.2) is 12.2 Å². The Morgan fingerprint density at radius 3 is 2.80 bits per heavy atom. The molecule has 56 valence electrons. The predicted octanol–water partition coefficient (Wildman–Crippen LogP) is 0.774. The zero-order chi connectivity index (χ0) is 7.98. The lowest BCUT2D eigenvalue weighted by molar-refractivity contribution is 0.128. The summed E-state index contributed by atoms with van der Waals surface area (Å²) in [7, 11) is 0. The molecule has 0 aliphatic heterocycles. The molecule has 0 saturated heterocycles. The molecule has 0 rings (SSSR count). The van der Waals surface area contributed by atoms with Crippen molar-refractivity contribution in [1.82, 2.24) is 0 Å². The Morgan fingerprint density at radius 1 is 1.90 bits per heavy atom. The molecular formula is C6H10N2O2. The van der Waals surface area contributed by atoms with E-state index in [2.05, 4.69) is 10.5 Å². The molecule has 4 nitrogen and oxygen atoms in total. The number of amides is 1. The number of carbonyl (C=O) groups is 1. The summed E-state index contributed by atoms with van der Waals surface area (Å²) in [6.07, 6.45) is -0.229. The molecule has 2 N–H and O–H groups in total. The highest BCUT2D eigenvalue weighted by Crippen LogP contribution is 1.99. The lowest BCUT2D eigenvalue weighted by atomic mass is 10.2. The van der Waals surface area contributed by atoms with Crippen LogP contribution < -0.4 is 5.73 Å². The first kappa shape index (κ1) is 8.76. The van der Waals surface area contributed by atoms with E-state index in [1.165, 1.54) is 0 Å². The molecule has 0 aliphatic rings. The first-order valence-corrected chi connectivity index (χ1v) is 3.06. The second-order valence-corrected chi connectivity index (χ2v) is 1.84. The van der Waals surface area contributed by atoms with Crippen LogP contribution in [0.5, 0.6) is 0 Å². The maximum absolute atomic E-state index is 10.1. The second kappa shape index (κ2) is 4.62. The summed E-state index contributed by atoms with van der Waals surface area (Å²) in [4.78, 5) is 10.1. The highest BCUT2D eigenvalue weighted by Gasteiger charge is 2.08. The van der Waals surface area contributed by atoms with Crippen molar-refractivity contribution in [2.45, 2.75) is 25.9 Å². The highest BCUT2D eigenvalue weighted by atomic mass is 16.6. The Balaban J connectivity index is 3.63. The molecule has 0 aromatic rings. The Kier molecular flexibility index (Phi) is 4.05. The molecule has 0 fully saturated rings. The van der Waals surface area contributed by atoms with Gasteiger partial charge in [0.25, 0.3) is 0 Å². The van der Waals surface area contributed by atoms with E-state index in [4.69, 9.17) is 5.26 Å². The van der Waals surface area contributed by atoms with Gasteiger partial charge in [0.2, 0.25) is 0 Å². The first-order valence-electron chi connectivity index (χ1n) is 3.06. The van der Waals surface area contributed by atoms with Gasteiger partial charge in [-0.15, -0.1) is 0 Å². The van der Waals surface area contributed by atoms with Crippen molar-refractivity contribution in [2.24, 2.45) is 5.73 Å². The number of nitriles is 1. The van der Waals surface area contributed by atoms with E-state index in [1.807, 2.05) is 13.0 Å². The van der Waals surface area contributed by atoms with Crippen LogP contribution in [0.15, 0.2) is 0 Å². The fraction of sp³-hybridized carbons (Fsp3) is 0.667. The van der Waals surface area contributed by atoms with Crippen molar-refractivity contribution in [3.63, 3.8) is 0 Å². The number of hydrogen-bond acceptors (Lipinski definition) is 3. The summed E-state index contributed by atoms with van der Waals surface area (Å²) < 4.78 is 4.42. The molecule has 1 atom stereocenters. The van der Waals surface area contributed by atoms with Crippen LogP contribution >= 0.6 is 0 Å². The molecular weight excluding hydrogens is 132 g/mol. The fourth-order valence-electron chi connectivity index (χ4n) is 0.552. The SMILES string of the molecule is CCCC(C#N)OC(N)=O. The zero-order valence-electron chi connectivity index (χ0n) is 5.83. The molecule has 0 saturated carbocycles. The molecule has 1 unspecified atom stereocenters. The summed E-state index contributed by atoms with van der Waals surface area (Å²) in [6.45, 7) is 1.90. The molecule has 0 spiro atoms. The minimum atomic E-state index is -0.889. The fourth-order valence-corrected chi connectivity index (χ4v) is 0.552. The molecule has 0 aliphatic carbocycles. The van der Waals surface area contributed by atoms with Gasteiger partial charge in [0.05, 0.1) is 0 Å². The predicted molar refractivity (Wildman–Crippen MR) is 35.0 cm³/mol. The normalized spacial score (nSPS) is 11.6. The summed E-state index contributed by atoms with van der Waals surface area (Å²) >= 11 is 0. The Labute approximate surface area is 59.6 Å². The lowest BCUT2D eigenvalue weighted by Gasteiger charge is -2.05. The third-order valence-corrected chi connectivity index (χ3v) is 0.953. The van der Waals surface area contributed by atoms with E-state index in [9.17, 15) is 4.79 Å². The monoisotopic (exact) mass is 142 g/mol. The molecule has 0 bridgehead atoms. The smallest absolute Gasteiger partial charge is 0.405 e. The molecule has 0 aromatic heterocycles. The van der Waals surface area contributed by atoms with E-state index >= 15 is 0 Å². The number of hydrogen-bond donors (Lipinski definition) is 1. The third kappa shape index (κ3) is 3.72. The van der Waals surface area contributed by atoms with Gasteiger partial charge in [0, 0.05) is 0 Å². The summed E-state index contributed by atoms with van der Waals surface area (Å²) in [5, 5.41) is 8.32. The number of carbonyl (C=O) groups excluding carboxylic acids is 1. The molecule has 10 heavy (non-hydrogen) atoms. The van der Waals surface area contributed by atoms with Gasteiger partial charge in [-0.3, -0.25) is 0 Å². The third-order valence-electron chi connectivity index (χ3n) is 0.953. The van der Waals surface area contributed by atoms with Gasteiger partial charge in [-0.25, -0.2) is 4.79 Å². The first-order chi connectivity index (χ1) is 4.70. The Morgan fingerprint density at radius 2 is 2.50 bits per heavy atom. The average molecular weight is 142 g/mol. The lowest BCUT2D eigenvalue weighted by Crippen LogP contribution is -2.21. The van der Waals surface area contributed by atoms with E-state index < -0.39 is 12.2 Å². The quantitative estimate of drug-likeness (QED) is 0.632. The minimum absolute atomic E-state index is 0.541. The molecule has 0 radical (unpaired) electrons. The van der Waals surface area contributed by atoms with Crippen LogP contribution in [0.1, 0.15) is 19.8 Å². The van der Waals surface area contributed by atoms with E-state index in [1.54, 1.807) is 0 Å². The van der Waals surface area contributed by atoms with Crippen LogP contribution in [0.4, 0.5) is 4.79 Å². The second-order valence-electron chi connectivity index (χ2n) is 1.84. The van der Waals surface area contributed by atoms with Gasteiger partial charge in [-0.1, -0.05) is 13.3 Å². The van der Waals surface area contributed by atoms with Gasteiger partial charge >= 0.3 is 6.09 Å². The summed E-state index contributed by atoms with van der Waals surface area (Å²) in [5.74, 6) is 0. The van der Waals surface area contributed by atoms with E-state index in [-0.39, 0.29) is 0 Å². The van der Waals surface area contributed by atoms with Crippen molar-refractivity contribution in [1.29, 1.82) is 5.26 Å². The van der Waals surface area contributed by atoms with Gasteiger partial charge in [-0.05, 0) is 6.42 Å². The summed E-state index contributed by atoms with van der Waals surface area (Å²) in [6, 6.07) is 1.81. The van der Waals surface area contributed by atoms with E-state index in [0.29, 0.717) is 6.42 Å². The standard InChI is InChI=1S/C6H10N2O2/c1-2-3-5(4-7)10-6(8)9/h5H,2-3H2,1H3,(H2,8,9). The van der Waals surface area contributed by atoms with Crippen molar-refractivity contribution in [3.8, 4) is 6.07 Å². The largest absolute Gasteiger partial charge is 0.431 e. The van der Waals surface area contributed by atoms with E-state index in [0.717, 1.165) is 6.42 Å². The van der Waals surface area contributed by atoms with Crippen molar-refractivity contribution in [2.75, 3.05) is 0 Å². The van der Waals surface area contributed by atoms with Crippen LogP contribution in [0.2, 0.25) is 0 Å². The number of primary amides is 1. The Bertz CT molecular complexity index is 150. The van der Waals surface area contributed by atoms with Gasteiger partial charge < -0.3 is 10.5 Å². The van der Waals surface area contributed by atoms with Crippen molar-refractivity contribution >= 4 is 6.09 Å².